The molecular weight excluding hydrogens is 310 g/mol. The number of rotatable bonds is 7. The van der Waals surface area contributed by atoms with Crippen LogP contribution in [0.25, 0.3) is 0 Å². The zero-order chi connectivity index (χ0) is 13.6. The number of nitrogens with one attached hydrogen (secondary N) is 2. The number of carbonyl (C=O) groups is 1. The molecule has 2 N–H and O–H groups in total. The molecule has 0 bridgehead atoms. The van der Waals surface area contributed by atoms with Crippen LogP contribution in [-0.2, 0) is 14.8 Å². The summed E-state index contributed by atoms with van der Waals surface area (Å²) in [6.07, 6.45) is 0. The summed E-state index contributed by atoms with van der Waals surface area (Å²) >= 11 is 1.12. The molecule has 19 heavy (non-hydrogen) atoms. The number of hydrogen-bond acceptors (Lipinski definition) is 5. The first-order valence-electron chi connectivity index (χ1n) is 5.39. The second kappa shape index (κ2) is 8.49. The van der Waals surface area contributed by atoms with Gasteiger partial charge in [-0.3, -0.25) is 4.79 Å². The molecule has 1 amide bonds. The quantitative estimate of drug-likeness (QED) is 0.746. The summed E-state index contributed by atoms with van der Waals surface area (Å²) < 4.78 is 26.0. The Kier molecular flexibility index (Phi) is 8.19. The van der Waals surface area contributed by atoms with Gasteiger partial charge in [0.1, 0.15) is 4.21 Å². The van der Waals surface area contributed by atoms with Crippen LogP contribution >= 0.6 is 23.7 Å². The summed E-state index contributed by atoms with van der Waals surface area (Å²) in [5, 5.41) is 4.59. The molecule has 0 aliphatic rings. The lowest BCUT2D eigenvalue weighted by Crippen LogP contribution is -2.40. The number of thiophene rings is 1. The van der Waals surface area contributed by atoms with Gasteiger partial charge in [-0.05, 0) is 18.5 Å². The molecule has 0 aromatic carbocycles. The van der Waals surface area contributed by atoms with Gasteiger partial charge in [0.05, 0.1) is 6.54 Å². The van der Waals surface area contributed by atoms with Gasteiger partial charge in [-0.15, -0.1) is 23.7 Å². The normalized spacial score (nSPS) is 10.8. The lowest BCUT2D eigenvalue weighted by atomic mass is 10.5. The molecule has 1 rings (SSSR count). The highest BCUT2D eigenvalue weighted by molar-refractivity contribution is 7.91. The van der Waals surface area contributed by atoms with Crippen molar-refractivity contribution in [2.45, 2.75) is 4.21 Å². The first kappa shape index (κ1) is 18.3. The predicted octanol–water partition coefficient (Wildman–Crippen LogP) is 0.126. The van der Waals surface area contributed by atoms with Gasteiger partial charge in [0.25, 0.3) is 10.0 Å². The fourth-order valence-corrected chi connectivity index (χ4v) is 3.20. The Labute approximate surface area is 123 Å². The summed E-state index contributed by atoms with van der Waals surface area (Å²) in [6.45, 7) is 0.983. The molecule has 6 nitrogen and oxygen atoms in total. The van der Waals surface area contributed by atoms with Crippen molar-refractivity contribution < 1.29 is 13.2 Å². The van der Waals surface area contributed by atoms with Gasteiger partial charge in [0.15, 0.2) is 0 Å². The molecule has 0 saturated carbocycles. The Morgan fingerprint density at radius 1 is 1.47 bits per heavy atom. The highest BCUT2D eigenvalue weighted by atomic mass is 35.5. The molecule has 1 aromatic heterocycles. The van der Waals surface area contributed by atoms with Crippen LogP contribution < -0.4 is 10.0 Å². The summed E-state index contributed by atoms with van der Waals surface area (Å²) in [7, 11) is -0.133. The zero-order valence-electron chi connectivity index (χ0n) is 10.8. The van der Waals surface area contributed by atoms with E-state index < -0.39 is 10.0 Å². The van der Waals surface area contributed by atoms with E-state index in [1.807, 2.05) is 0 Å². The molecule has 0 unspecified atom stereocenters. The van der Waals surface area contributed by atoms with Crippen molar-refractivity contribution in [1.29, 1.82) is 0 Å². The second-order valence-electron chi connectivity index (χ2n) is 3.68. The number of halogens is 1. The number of carbonyl (C=O) groups excluding carboxylic acids is 1. The zero-order valence-corrected chi connectivity index (χ0v) is 13.2. The van der Waals surface area contributed by atoms with E-state index >= 15 is 0 Å². The van der Waals surface area contributed by atoms with Gasteiger partial charge in [-0.2, -0.15) is 0 Å². The smallest absolute Gasteiger partial charge is 0.250 e. The van der Waals surface area contributed by atoms with E-state index in [1.165, 1.54) is 11.0 Å². The minimum absolute atomic E-state index is 0. The Morgan fingerprint density at radius 2 is 2.16 bits per heavy atom. The third-order valence-electron chi connectivity index (χ3n) is 2.30. The van der Waals surface area contributed by atoms with Crippen LogP contribution in [0.15, 0.2) is 21.7 Å². The van der Waals surface area contributed by atoms with E-state index in [0.29, 0.717) is 13.1 Å². The summed E-state index contributed by atoms with van der Waals surface area (Å²) in [4.78, 5) is 13.1. The van der Waals surface area contributed by atoms with Gasteiger partial charge in [-0.1, -0.05) is 6.07 Å². The average molecular weight is 328 g/mol. The number of likely N-dealkylation sites (N-methyl/N-ethyl adjacent to an activating group) is 2. The summed E-state index contributed by atoms with van der Waals surface area (Å²) in [6, 6.07) is 3.16. The highest BCUT2D eigenvalue weighted by Gasteiger charge is 2.17. The maximum atomic E-state index is 11.8. The van der Waals surface area contributed by atoms with E-state index in [-0.39, 0.29) is 29.1 Å². The molecule has 0 radical (unpaired) electrons. The average Bonchev–Trinajstić information content (AvgIpc) is 2.87. The number of nitrogens with zero attached hydrogens (tertiary/aromatic N) is 1. The molecular formula is C10H18ClN3O3S2. The van der Waals surface area contributed by atoms with E-state index in [2.05, 4.69) is 10.0 Å². The van der Waals surface area contributed by atoms with Gasteiger partial charge in [0, 0.05) is 20.1 Å². The number of sulfonamides is 1. The Morgan fingerprint density at radius 3 is 2.68 bits per heavy atom. The number of amides is 1. The maximum absolute atomic E-state index is 11.8. The second-order valence-corrected chi connectivity index (χ2v) is 6.62. The monoisotopic (exact) mass is 327 g/mol. The Hall–Kier alpha value is -0.670. The van der Waals surface area contributed by atoms with E-state index in [9.17, 15) is 13.2 Å². The van der Waals surface area contributed by atoms with Crippen LogP contribution in [-0.4, -0.2) is 53.0 Å². The molecule has 0 fully saturated rings. The highest BCUT2D eigenvalue weighted by Crippen LogP contribution is 2.14. The number of hydrogen-bond donors (Lipinski definition) is 2. The summed E-state index contributed by atoms with van der Waals surface area (Å²) in [5.74, 6) is -0.259. The molecule has 0 saturated heterocycles. The van der Waals surface area contributed by atoms with Gasteiger partial charge in [-0.25, -0.2) is 13.1 Å². The van der Waals surface area contributed by atoms with Crippen molar-refractivity contribution in [1.82, 2.24) is 14.9 Å². The molecule has 0 aliphatic heterocycles. The third kappa shape index (κ3) is 5.87. The maximum Gasteiger partial charge on any atom is 0.250 e. The van der Waals surface area contributed by atoms with Gasteiger partial charge < -0.3 is 10.2 Å². The fraction of sp³-hybridized carbons (Fsp3) is 0.500. The molecule has 0 atom stereocenters. The van der Waals surface area contributed by atoms with Crippen molar-refractivity contribution in [3.05, 3.63) is 17.5 Å². The minimum Gasteiger partial charge on any atom is -0.343 e. The minimum atomic E-state index is -3.56. The van der Waals surface area contributed by atoms with E-state index in [0.717, 1.165) is 11.3 Å². The standard InChI is InChI=1S/C10H17N3O3S2.ClH/c1-11-5-6-13(2)9(14)8-12-18(15,16)10-4-3-7-17-10;/h3-4,7,11-12H,5-6,8H2,1-2H3;1H. The molecule has 9 heteroatoms. The lowest BCUT2D eigenvalue weighted by Gasteiger charge is -2.16. The van der Waals surface area contributed by atoms with Crippen LogP contribution in [0.4, 0.5) is 0 Å². The lowest BCUT2D eigenvalue weighted by molar-refractivity contribution is -0.128. The van der Waals surface area contributed by atoms with Crippen LogP contribution in [0.3, 0.4) is 0 Å². The van der Waals surface area contributed by atoms with Crippen molar-refractivity contribution in [2.75, 3.05) is 33.7 Å². The Balaban J connectivity index is 0.00000324. The first-order chi connectivity index (χ1) is 8.47. The van der Waals surface area contributed by atoms with Crippen molar-refractivity contribution in [3.63, 3.8) is 0 Å². The molecule has 0 spiro atoms. The third-order valence-corrected chi connectivity index (χ3v) is 5.10. The molecule has 110 valence electrons. The van der Waals surface area contributed by atoms with Crippen LogP contribution in [0, 0.1) is 0 Å². The van der Waals surface area contributed by atoms with Crippen molar-refractivity contribution in [2.24, 2.45) is 0 Å². The topological polar surface area (TPSA) is 78.5 Å². The van der Waals surface area contributed by atoms with Gasteiger partial charge >= 0.3 is 0 Å². The predicted molar refractivity (Wildman–Crippen MR) is 78.3 cm³/mol. The van der Waals surface area contributed by atoms with Crippen LogP contribution in [0.5, 0.6) is 0 Å². The largest absolute Gasteiger partial charge is 0.343 e. The Bertz CT molecular complexity index is 476. The van der Waals surface area contributed by atoms with Crippen molar-refractivity contribution in [3.8, 4) is 0 Å². The van der Waals surface area contributed by atoms with E-state index in [1.54, 1.807) is 25.5 Å². The summed E-state index contributed by atoms with van der Waals surface area (Å²) in [5.41, 5.74) is 0. The van der Waals surface area contributed by atoms with Gasteiger partial charge in [0.2, 0.25) is 5.91 Å². The first-order valence-corrected chi connectivity index (χ1v) is 7.75. The molecule has 0 aliphatic carbocycles. The molecule has 1 aromatic rings. The fourth-order valence-electron chi connectivity index (χ4n) is 1.18. The van der Waals surface area contributed by atoms with Crippen LogP contribution in [0.1, 0.15) is 0 Å². The SMILES string of the molecule is CNCCN(C)C(=O)CNS(=O)(=O)c1cccs1.Cl. The van der Waals surface area contributed by atoms with E-state index in [4.69, 9.17) is 0 Å². The molecule has 1 heterocycles. The van der Waals surface area contributed by atoms with Crippen molar-refractivity contribution >= 4 is 39.7 Å². The van der Waals surface area contributed by atoms with Crippen LogP contribution in [0.2, 0.25) is 0 Å².